The molecule has 3 nitrogen and oxygen atoms in total. The second-order valence-corrected chi connectivity index (χ2v) is 12.2. The maximum absolute atomic E-state index is 11.7. The largest absolute Gasteiger partial charge is 0.462 e. The molecule has 4 aliphatic carbocycles. The van der Waals surface area contributed by atoms with Crippen molar-refractivity contribution in [1.29, 1.82) is 0 Å². The summed E-state index contributed by atoms with van der Waals surface area (Å²) >= 11 is 0. The molecule has 0 aromatic carbocycles. The Morgan fingerprint density at radius 2 is 1.66 bits per heavy atom. The van der Waals surface area contributed by atoms with Crippen LogP contribution in [-0.4, -0.2) is 23.3 Å². The highest BCUT2D eigenvalue weighted by Gasteiger charge is 2.68. The van der Waals surface area contributed by atoms with Gasteiger partial charge < -0.3 is 9.84 Å². The van der Waals surface area contributed by atoms with Crippen LogP contribution in [0.3, 0.4) is 0 Å². The number of hydrogen-bond acceptors (Lipinski definition) is 3. The zero-order valence-corrected chi connectivity index (χ0v) is 19.5. The van der Waals surface area contributed by atoms with Gasteiger partial charge in [0.05, 0.1) is 6.10 Å². The third-order valence-corrected chi connectivity index (χ3v) is 10.9. The van der Waals surface area contributed by atoms with Crippen LogP contribution in [0.25, 0.3) is 0 Å². The third-order valence-electron chi connectivity index (χ3n) is 10.9. The van der Waals surface area contributed by atoms with Crippen molar-refractivity contribution in [1.82, 2.24) is 0 Å². The Bertz CT molecular complexity index is 711. The number of aliphatic hydroxyl groups is 1. The molecule has 0 amide bonds. The Morgan fingerprint density at radius 3 is 2.31 bits per heavy atom. The number of fused-ring (bicyclic) bond motifs is 5. The van der Waals surface area contributed by atoms with Gasteiger partial charge in [-0.15, -0.1) is 0 Å². The molecule has 0 aromatic rings. The zero-order valence-electron chi connectivity index (χ0n) is 19.5. The van der Waals surface area contributed by atoms with Crippen molar-refractivity contribution in [2.75, 3.05) is 0 Å². The van der Waals surface area contributed by atoms with Crippen molar-refractivity contribution in [2.45, 2.75) is 105 Å². The number of esters is 1. The summed E-state index contributed by atoms with van der Waals surface area (Å²) in [4.78, 5) is 11.7. The van der Waals surface area contributed by atoms with E-state index >= 15 is 0 Å². The molecule has 0 bridgehead atoms. The van der Waals surface area contributed by atoms with Gasteiger partial charge in [0.1, 0.15) is 6.10 Å². The number of carbonyl (C=O) groups excluding carboxylic acids is 1. The molecular weight excluding hydrogens is 360 g/mol. The van der Waals surface area contributed by atoms with Gasteiger partial charge >= 0.3 is 5.97 Å². The molecular formula is C26H42O3. The standard InChI is InChI=1S/C26H42O3/c1-16-10-14-25(6)18(22(16)28)8-9-20-24(5)13-12-21(29-17(2)27)23(3,4)19(24)11-15-26(20,25)7/h18-22,28H,1,8-15H2,2-7H3/t18-,19+,20-,21+,22+,24+,25-,26-/m1/s1. The first-order valence-corrected chi connectivity index (χ1v) is 11.9. The summed E-state index contributed by atoms with van der Waals surface area (Å²) in [6.07, 6.45) is 8.73. The van der Waals surface area contributed by atoms with E-state index in [1.165, 1.54) is 25.7 Å². The van der Waals surface area contributed by atoms with Gasteiger partial charge in [0.2, 0.25) is 0 Å². The quantitative estimate of drug-likeness (QED) is 0.438. The molecule has 0 saturated heterocycles. The summed E-state index contributed by atoms with van der Waals surface area (Å²) in [5.41, 5.74) is 1.78. The van der Waals surface area contributed by atoms with Crippen LogP contribution in [0.4, 0.5) is 0 Å². The Kier molecular flexibility index (Phi) is 4.86. The number of aliphatic hydroxyl groups excluding tert-OH is 1. The van der Waals surface area contributed by atoms with Crippen molar-refractivity contribution in [3.05, 3.63) is 12.2 Å². The van der Waals surface area contributed by atoms with Crippen molar-refractivity contribution >= 4 is 5.97 Å². The molecule has 29 heavy (non-hydrogen) atoms. The number of hydrogen-bond donors (Lipinski definition) is 1. The summed E-state index contributed by atoms with van der Waals surface area (Å²) in [5, 5.41) is 11.0. The van der Waals surface area contributed by atoms with Gasteiger partial charge in [0.25, 0.3) is 0 Å². The van der Waals surface area contributed by atoms with Crippen LogP contribution in [0.15, 0.2) is 12.2 Å². The van der Waals surface area contributed by atoms with E-state index in [2.05, 4.69) is 41.2 Å². The van der Waals surface area contributed by atoms with Crippen LogP contribution < -0.4 is 0 Å². The van der Waals surface area contributed by atoms with Gasteiger partial charge in [0, 0.05) is 12.3 Å². The first-order valence-electron chi connectivity index (χ1n) is 11.9. The van der Waals surface area contributed by atoms with Gasteiger partial charge in [-0.3, -0.25) is 4.79 Å². The van der Waals surface area contributed by atoms with Gasteiger partial charge in [-0.2, -0.15) is 0 Å². The Balaban J connectivity index is 1.69. The lowest BCUT2D eigenvalue weighted by Crippen LogP contribution is -2.66. The number of rotatable bonds is 1. The normalized spacial score (nSPS) is 51.4. The van der Waals surface area contributed by atoms with E-state index in [9.17, 15) is 9.90 Å². The van der Waals surface area contributed by atoms with Crippen LogP contribution in [-0.2, 0) is 9.53 Å². The summed E-state index contributed by atoms with van der Waals surface area (Å²) in [6, 6.07) is 0. The van der Waals surface area contributed by atoms with Crippen molar-refractivity contribution in [2.24, 2.45) is 39.4 Å². The SMILES string of the molecule is C=C1CC[C@]2(C)[C@H](CC[C@@H]3[C@@]4(C)CC[C@H](OC(C)=O)C(C)(C)[C@@H]4CC[C@]32C)[C@H]1O. The average Bonchev–Trinajstić information content (AvgIpc) is 2.62. The lowest BCUT2D eigenvalue weighted by Gasteiger charge is -2.71. The molecule has 0 radical (unpaired) electrons. The summed E-state index contributed by atoms with van der Waals surface area (Å²) < 4.78 is 5.81. The van der Waals surface area contributed by atoms with Gasteiger partial charge in [-0.25, -0.2) is 0 Å². The minimum Gasteiger partial charge on any atom is -0.462 e. The minimum absolute atomic E-state index is 0.0120. The van der Waals surface area contributed by atoms with E-state index in [-0.39, 0.29) is 39.8 Å². The zero-order chi connectivity index (χ0) is 21.4. The van der Waals surface area contributed by atoms with E-state index in [1.54, 1.807) is 6.92 Å². The molecule has 4 fully saturated rings. The fourth-order valence-corrected chi connectivity index (χ4v) is 9.19. The fourth-order valence-electron chi connectivity index (χ4n) is 9.19. The van der Waals surface area contributed by atoms with Gasteiger partial charge in [0.15, 0.2) is 0 Å². The molecule has 8 atom stereocenters. The van der Waals surface area contributed by atoms with Crippen molar-refractivity contribution in [3.63, 3.8) is 0 Å². The maximum atomic E-state index is 11.7. The van der Waals surface area contributed by atoms with Crippen LogP contribution >= 0.6 is 0 Å². The molecule has 4 aliphatic rings. The second kappa shape index (κ2) is 6.58. The fraction of sp³-hybridized carbons (Fsp3) is 0.885. The summed E-state index contributed by atoms with van der Waals surface area (Å²) in [7, 11) is 0. The van der Waals surface area contributed by atoms with Crippen molar-refractivity contribution < 1.29 is 14.6 Å². The molecule has 0 aromatic heterocycles. The Hall–Kier alpha value is -0.830. The third kappa shape index (κ3) is 2.75. The number of carbonyl (C=O) groups is 1. The van der Waals surface area contributed by atoms with Crippen LogP contribution in [0.1, 0.15) is 92.9 Å². The van der Waals surface area contributed by atoms with E-state index in [4.69, 9.17) is 4.74 Å². The first-order chi connectivity index (χ1) is 13.4. The molecule has 4 rings (SSSR count). The highest BCUT2D eigenvalue weighted by molar-refractivity contribution is 5.66. The Labute approximate surface area is 177 Å². The van der Waals surface area contributed by atoms with E-state index in [0.29, 0.717) is 17.8 Å². The molecule has 0 aliphatic heterocycles. The molecule has 0 spiro atoms. The Morgan fingerprint density at radius 1 is 0.966 bits per heavy atom. The average molecular weight is 403 g/mol. The molecule has 1 N–H and O–H groups in total. The lowest BCUT2D eigenvalue weighted by atomic mass is 9.34. The predicted molar refractivity (Wildman–Crippen MR) is 116 cm³/mol. The van der Waals surface area contributed by atoms with Gasteiger partial charge in [-0.05, 0) is 90.9 Å². The first kappa shape index (κ1) is 21.4. The maximum Gasteiger partial charge on any atom is 0.302 e. The highest BCUT2D eigenvalue weighted by atomic mass is 16.5. The van der Waals surface area contributed by atoms with E-state index < -0.39 is 0 Å². The minimum atomic E-state index is -0.326. The monoisotopic (exact) mass is 402 g/mol. The van der Waals surface area contributed by atoms with Crippen LogP contribution in [0.5, 0.6) is 0 Å². The van der Waals surface area contributed by atoms with E-state index in [1.807, 2.05) is 0 Å². The topological polar surface area (TPSA) is 46.5 Å². The second-order valence-electron chi connectivity index (χ2n) is 12.2. The predicted octanol–water partition coefficient (Wildman–Crippen LogP) is 5.90. The molecule has 0 unspecified atom stereocenters. The molecule has 3 heteroatoms. The van der Waals surface area contributed by atoms with Crippen molar-refractivity contribution in [3.8, 4) is 0 Å². The molecule has 4 saturated carbocycles. The highest BCUT2D eigenvalue weighted by Crippen LogP contribution is 2.74. The molecule has 164 valence electrons. The summed E-state index contributed by atoms with van der Waals surface area (Å²) in [5.74, 6) is 1.47. The smallest absolute Gasteiger partial charge is 0.302 e. The van der Waals surface area contributed by atoms with E-state index in [0.717, 1.165) is 31.3 Å². The lowest BCUT2D eigenvalue weighted by molar-refractivity contribution is -0.240. The summed E-state index contributed by atoms with van der Waals surface area (Å²) in [6.45, 7) is 18.0. The van der Waals surface area contributed by atoms with Crippen LogP contribution in [0.2, 0.25) is 0 Å². The van der Waals surface area contributed by atoms with Crippen LogP contribution in [0, 0.1) is 39.4 Å². The van der Waals surface area contributed by atoms with Gasteiger partial charge in [-0.1, -0.05) is 41.2 Å². The molecule has 0 heterocycles. The number of ether oxygens (including phenoxy) is 1.